The molecule has 0 saturated heterocycles. The molecule has 1 aromatic carbocycles. The number of ether oxygens (including phenoxy) is 2. The fraction of sp³-hybridized carbons (Fsp3) is 0.222. The lowest BCUT2D eigenvalue weighted by Crippen LogP contribution is -2.17. The van der Waals surface area contributed by atoms with Gasteiger partial charge in [0.15, 0.2) is 5.84 Å². The van der Waals surface area contributed by atoms with E-state index in [1.165, 1.54) is 0 Å². The zero-order valence-corrected chi connectivity index (χ0v) is 8.15. The highest BCUT2D eigenvalue weighted by Crippen LogP contribution is 2.27. The Kier molecular flexibility index (Phi) is 3.17. The Morgan fingerprint density at radius 3 is 2.07 bits per heavy atom. The van der Waals surface area contributed by atoms with Crippen LogP contribution in [0, 0.1) is 0 Å². The lowest BCUT2D eigenvalue weighted by Gasteiger charge is -2.11. The fourth-order valence-corrected chi connectivity index (χ4v) is 1.17. The normalized spacial score (nSPS) is 11.1. The van der Waals surface area contributed by atoms with Crippen molar-refractivity contribution in [1.29, 1.82) is 0 Å². The van der Waals surface area contributed by atoms with Gasteiger partial charge in [-0.3, -0.25) is 0 Å². The van der Waals surface area contributed by atoms with Crippen LogP contribution in [0.4, 0.5) is 0 Å². The van der Waals surface area contributed by atoms with Crippen LogP contribution in [-0.2, 0) is 0 Å². The number of hydrogen-bond donors (Lipinski definition) is 2. The van der Waals surface area contributed by atoms with Crippen LogP contribution in [0.25, 0.3) is 0 Å². The minimum Gasteiger partial charge on any atom is -0.496 e. The summed E-state index contributed by atoms with van der Waals surface area (Å²) in [5.41, 5.74) is 6.18. The summed E-state index contributed by atoms with van der Waals surface area (Å²) in [5.74, 6) is 6.44. The third kappa shape index (κ3) is 1.71. The molecule has 0 spiro atoms. The second-order valence-electron chi connectivity index (χ2n) is 2.55. The van der Waals surface area contributed by atoms with E-state index in [0.717, 1.165) is 0 Å². The van der Waals surface area contributed by atoms with Gasteiger partial charge < -0.3 is 21.1 Å². The van der Waals surface area contributed by atoms with Gasteiger partial charge in [-0.2, -0.15) is 5.10 Å². The molecule has 0 fully saturated rings. The van der Waals surface area contributed by atoms with Gasteiger partial charge >= 0.3 is 0 Å². The Morgan fingerprint density at radius 2 is 1.71 bits per heavy atom. The fourth-order valence-electron chi connectivity index (χ4n) is 1.17. The van der Waals surface area contributed by atoms with E-state index in [2.05, 4.69) is 5.10 Å². The van der Waals surface area contributed by atoms with Crippen molar-refractivity contribution in [3.05, 3.63) is 23.8 Å². The van der Waals surface area contributed by atoms with Gasteiger partial charge in [-0.15, -0.1) is 0 Å². The summed E-state index contributed by atoms with van der Waals surface area (Å²) in [4.78, 5) is 0. The van der Waals surface area contributed by atoms with Crippen molar-refractivity contribution < 1.29 is 9.47 Å². The first-order valence-electron chi connectivity index (χ1n) is 3.99. The summed E-state index contributed by atoms with van der Waals surface area (Å²) in [5, 5.41) is 3.41. The molecule has 0 atom stereocenters. The lowest BCUT2D eigenvalue weighted by molar-refractivity contribution is 0.392. The van der Waals surface area contributed by atoms with E-state index >= 15 is 0 Å². The van der Waals surface area contributed by atoms with Crippen LogP contribution >= 0.6 is 0 Å². The summed E-state index contributed by atoms with van der Waals surface area (Å²) in [7, 11) is 3.09. The van der Waals surface area contributed by atoms with Gasteiger partial charge in [0, 0.05) is 0 Å². The molecule has 0 aromatic heterocycles. The van der Waals surface area contributed by atoms with Crippen LogP contribution in [0.1, 0.15) is 5.56 Å². The van der Waals surface area contributed by atoms with Crippen molar-refractivity contribution in [2.75, 3.05) is 14.2 Å². The van der Waals surface area contributed by atoms with Gasteiger partial charge in [-0.1, -0.05) is 6.07 Å². The van der Waals surface area contributed by atoms with Crippen molar-refractivity contribution in [1.82, 2.24) is 0 Å². The molecule has 1 rings (SSSR count). The Labute approximate surface area is 82.3 Å². The summed E-state index contributed by atoms with van der Waals surface area (Å²) >= 11 is 0. The summed E-state index contributed by atoms with van der Waals surface area (Å²) < 4.78 is 10.2. The topological polar surface area (TPSA) is 82.9 Å². The Morgan fingerprint density at radius 1 is 1.21 bits per heavy atom. The molecule has 0 aliphatic rings. The predicted octanol–water partition coefficient (Wildman–Crippen LogP) is 0.283. The van der Waals surface area contributed by atoms with Crippen LogP contribution in [0.15, 0.2) is 23.3 Å². The number of nitrogens with two attached hydrogens (primary N) is 2. The minimum absolute atomic E-state index is 0.180. The number of rotatable bonds is 3. The predicted molar refractivity (Wildman–Crippen MR) is 54.5 cm³/mol. The van der Waals surface area contributed by atoms with Crippen LogP contribution < -0.4 is 21.1 Å². The molecule has 0 bridgehead atoms. The van der Waals surface area contributed by atoms with Gasteiger partial charge in [0.2, 0.25) is 0 Å². The SMILES string of the molecule is COc1cccc(OC)c1C(N)=NN. The van der Waals surface area contributed by atoms with Crippen molar-refractivity contribution in [2.24, 2.45) is 16.7 Å². The van der Waals surface area contributed by atoms with Gasteiger partial charge in [0.25, 0.3) is 0 Å². The molecule has 0 heterocycles. The molecule has 4 N–H and O–H groups in total. The minimum atomic E-state index is 0.180. The quantitative estimate of drug-likeness (QED) is 0.314. The Hall–Kier alpha value is -1.91. The highest BCUT2D eigenvalue weighted by Gasteiger charge is 2.12. The van der Waals surface area contributed by atoms with Crippen LogP contribution in [0.5, 0.6) is 11.5 Å². The second-order valence-corrected chi connectivity index (χ2v) is 2.55. The molecular weight excluding hydrogens is 182 g/mol. The van der Waals surface area contributed by atoms with E-state index in [1.54, 1.807) is 32.4 Å². The molecule has 1 aromatic rings. The number of nitrogens with zero attached hydrogens (tertiary/aromatic N) is 1. The van der Waals surface area contributed by atoms with Crippen molar-refractivity contribution in [3.8, 4) is 11.5 Å². The Bertz CT molecular complexity index is 328. The van der Waals surface area contributed by atoms with E-state index in [0.29, 0.717) is 17.1 Å². The molecular formula is C9H13N3O2. The molecule has 0 amide bonds. The second kappa shape index (κ2) is 4.36. The largest absolute Gasteiger partial charge is 0.496 e. The third-order valence-corrected chi connectivity index (χ3v) is 1.82. The molecule has 0 aliphatic carbocycles. The van der Waals surface area contributed by atoms with Crippen LogP contribution in [0.2, 0.25) is 0 Å². The molecule has 5 nitrogen and oxygen atoms in total. The number of benzene rings is 1. The molecule has 5 heteroatoms. The zero-order chi connectivity index (χ0) is 10.6. The van der Waals surface area contributed by atoms with E-state index in [1.807, 2.05) is 0 Å². The Balaban J connectivity index is 3.33. The van der Waals surface area contributed by atoms with E-state index in [-0.39, 0.29) is 5.84 Å². The summed E-state index contributed by atoms with van der Waals surface area (Å²) in [6.07, 6.45) is 0. The standard InChI is InChI=1S/C9H13N3O2/c1-13-6-4-3-5-7(14-2)8(6)9(10)12-11/h3-5H,11H2,1-2H3,(H2,10,12). The van der Waals surface area contributed by atoms with E-state index in [9.17, 15) is 0 Å². The smallest absolute Gasteiger partial charge is 0.157 e. The number of hydrazone groups is 1. The first-order chi connectivity index (χ1) is 6.74. The average Bonchev–Trinajstić information content (AvgIpc) is 2.26. The van der Waals surface area contributed by atoms with Gasteiger partial charge in [-0.25, -0.2) is 0 Å². The number of hydrogen-bond acceptors (Lipinski definition) is 4. The summed E-state index contributed by atoms with van der Waals surface area (Å²) in [6, 6.07) is 5.32. The third-order valence-electron chi connectivity index (χ3n) is 1.82. The molecule has 76 valence electrons. The molecule has 0 aliphatic heterocycles. The molecule has 0 saturated carbocycles. The summed E-state index contributed by atoms with van der Waals surface area (Å²) in [6.45, 7) is 0. The zero-order valence-electron chi connectivity index (χ0n) is 8.15. The van der Waals surface area contributed by atoms with Crippen molar-refractivity contribution >= 4 is 5.84 Å². The highest BCUT2D eigenvalue weighted by molar-refractivity contribution is 6.02. The molecule has 0 radical (unpaired) electrons. The molecule has 0 unspecified atom stereocenters. The first kappa shape index (κ1) is 10.2. The average molecular weight is 195 g/mol. The van der Waals surface area contributed by atoms with Gasteiger partial charge in [0.1, 0.15) is 17.1 Å². The molecule has 14 heavy (non-hydrogen) atoms. The van der Waals surface area contributed by atoms with E-state index < -0.39 is 0 Å². The monoisotopic (exact) mass is 195 g/mol. The maximum absolute atomic E-state index is 5.61. The van der Waals surface area contributed by atoms with Crippen LogP contribution in [-0.4, -0.2) is 20.1 Å². The van der Waals surface area contributed by atoms with Crippen molar-refractivity contribution in [3.63, 3.8) is 0 Å². The van der Waals surface area contributed by atoms with Gasteiger partial charge in [0.05, 0.1) is 14.2 Å². The van der Waals surface area contributed by atoms with Crippen molar-refractivity contribution in [2.45, 2.75) is 0 Å². The maximum Gasteiger partial charge on any atom is 0.157 e. The first-order valence-corrected chi connectivity index (χ1v) is 3.99. The van der Waals surface area contributed by atoms with Gasteiger partial charge in [-0.05, 0) is 12.1 Å². The van der Waals surface area contributed by atoms with E-state index in [4.69, 9.17) is 21.1 Å². The maximum atomic E-state index is 5.61. The van der Waals surface area contributed by atoms with Crippen LogP contribution in [0.3, 0.4) is 0 Å². The number of methoxy groups -OCH3 is 2. The number of amidine groups is 1. The highest BCUT2D eigenvalue weighted by atomic mass is 16.5. The lowest BCUT2D eigenvalue weighted by atomic mass is 10.1.